The van der Waals surface area contributed by atoms with E-state index in [1.807, 2.05) is 24.8 Å². The highest BCUT2D eigenvalue weighted by molar-refractivity contribution is 7.89. The molecule has 3 rings (SSSR count). The highest BCUT2D eigenvalue weighted by Crippen LogP contribution is 2.20. The molecule has 1 aromatic carbocycles. The molecular formula is C16H23N3O3S2. The quantitative estimate of drug-likeness (QED) is 0.743. The summed E-state index contributed by atoms with van der Waals surface area (Å²) in [6.45, 7) is 8.46. The zero-order valence-corrected chi connectivity index (χ0v) is 15.7. The summed E-state index contributed by atoms with van der Waals surface area (Å²) in [4.78, 5) is 4.61. The summed E-state index contributed by atoms with van der Waals surface area (Å²) in [5.74, 6) is 0. The standard InChI is InChI=1S/C16H23N3O3S2/c1-13-3-4-15(11-14(13)2)24(20,21)19-7-5-17(6-8-19)12-18-9-10-22-16(18)23/h3-4,11H,5-10,12H2,1-2H3. The molecule has 0 bridgehead atoms. The molecule has 24 heavy (non-hydrogen) atoms. The van der Waals surface area contributed by atoms with E-state index in [0.29, 0.717) is 49.5 Å². The number of rotatable bonds is 4. The van der Waals surface area contributed by atoms with Gasteiger partial charge in [0.05, 0.1) is 18.1 Å². The summed E-state index contributed by atoms with van der Waals surface area (Å²) in [5, 5.41) is 0.542. The second kappa shape index (κ2) is 6.95. The van der Waals surface area contributed by atoms with E-state index in [1.165, 1.54) is 0 Å². The monoisotopic (exact) mass is 369 g/mol. The lowest BCUT2D eigenvalue weighted by Crippen LogP contribution is -2.51. The zero-order chi connectivity index (χ0) is 17.3. The van der Waals surface area contributed by atoms with Gasteiger partial charge in [0.1, 0.15) is 6.61 Å². The maximum atomic E-state index is 12.8. The number of ether oxygens (including phenoxy) is 1. The summed E-state index contributed by atoms with van der Waals surface area (Å²) in [6.07, 6.45) is 0. The number of aryl methyl sites for hydroxylation is 2. The van der Waals surface area contributed by atoms with E-state index in [4.69, 9.17) is 17.0 Å². The number of benzene rings is 1. The molecule has 2 saturated heterocycles. The third-order valence-electron chi connectivity index (χ3n) is 4.66. The molecule has 132 valence electrons. The van der Waals surface area contributed by atoms with Gasteiger partial charge in [-0.25, -0.2) is 8.42 Å². The second-order valence-corrected chi connectivity index (χ2v) is 8.57. The normalized spacial score (nSPS) is 20.4. The Morgan fingerprint density at radius 3 is 2.38 bits per heavy atom. The van der Waals surface area contributed by atoms with Crippen LogP contribution < -0.4 is 0 Å². The zero-order valence-electron chi connectivity index (χ0n) is 14.1. The average molecular weight is 370 g/mol. The van der Waals surface area contributed by atoms with Crippen LogP contribution in [0.1, 0.15) is 11.1 Å². The summed E-state index contributed by atoms with van der Waals surface area (Å²) in [7, 11) is -3.42. The fourth-order valence-electron chi connectivity index (χ4n) is 2.93. The first-order chi connectivity index (χ1) is 11.4. The maximum absolute atomic E-state index is 12.8. The lowest BCUT2D eigenvalue weighted by atomic mass is 10.1. The molecule has 8 heteroatoms. The third kappa shape index (κ3) is 3.56. The van der Waals surface area contributed by atoms with Gasteiger partial charge in [-0.1, -0.05) is 6.07 Å². The van der Waals surface area contributed by atoms with Gasteiger partial charge in [0.25, 0.3) is 5.17 Å². The molecule has 2 aliphatic heterocycles. The number of hydrogen-bond donors (Lipinski definition) is 0. The van der Waals surface area contributed by atoms with Gasteiger partial charge in [0.2, 0.25) is 10.0 Å². The molecule has 2 aliphatic rings. The summed E-state index contributed by atoms with van der Waals surface area (Å²) in [6, 6.07) is 5.33. The SMILES string of the molecule is Cc1ccc(S(=O)(=O)N2CCN(CN3CCOC3=S)CC2)cc1C. The van der Waals surface area contributed by atoms with Crippen molar-refractivity contribution in [2.24, 2.45) is 0 Å². The van der Waals surface area contributed by atoms with Crippen molar-refractivity contribution in [3.8, 4) is 0 Å². The van der Waals surface area contributed by atoms with Crippen LogP contribution in [0.15, 0.2) is 23.1 Å². The first kappa shape index (κ1) is 17.6. The number of sulfonamides is 1. The van der Waals surface area contributed by atoms with Gasteiger partial charge in [-0.05, 0) is 49.3 Å². The van der Waals surface area contributed by atoms with Crippen molar-refractivity contribution in [2.45, 2.75) is 18.7 Å². The largest absolute Gasteiger partial charge is 0.469 e. The van der Waals surface area contributed by atoms with Crippen molar-refractivity contribution in [1.29, 1.82) is 0 Å². The topological polar surface area (TPSA) is 53.1 Å². The predicted octanol–water partition coefficient (Wildman–Crippen LogP) is 1.18. The Balaban J connectivity index is 1.63. The Morgan fingerprint density at radius 2 is 1.79 bits per heavy atom. The van der Waals surface area contributed by atoms with Crippen LogP contribution in [-0.4, -0.2) is 73.7 Å². The Hall–Kier alpha value is -1.22. The van der Waals surface area contributed by atoms with Crippen molar-refractivity contribution in [2.75, 3.05) is 46.0 Å². The van der Waals surface area contributed by atoms with E-state index in [1.54, 1.807) is 16.4 Å². The molecule has 0 aliphatic carbocycles. The van der Waals surface area contributed by atoms with Crippen molar-refractivity contribution in [3.05, 3.63) is 29.3 Å². The summed E-state index contributed by atoms with van der Waals surface area (Å²) >= 11 is 5.15. The molecule has 1 aromatic rings. The van der Waals surface area contributed by atoms with Crippen LogP contribution in [0.25, 0.3) is 0 Å². The number of nitrogens with zero attached hydrogens (tertiary/aromatic N) is 3. The first-order valence-corrected chi connectivity index (χ1v) is 9.94. The van der Waals surface area contributed by atoms with Gasteiger partial charge in [0, 0.05) is 26.2 Å². The van der Waals surface area contributed by atoms with Crippen LogP contribution in [-0.2, 0) is 14.8 Å². The molecule has 0 amide bonds. The molecule has 6 nitrogen and oxygen atoms in total. The van der Waals surface area contributed by atoms with Gasteiger partial charge in [-0.2, -0.15) is 4.31 Å². The van der Waals surface area contributed by atoms with Crippen LogP contribution in [0.2, 0.25) is 0 Å². The Bertz CT molecular complexity index is 728. The van der Waals surface area contributed by atoms with Gasteiger partial charge >= 0.3 is 0 Å². The molecule has 2 heterocycles. The lowest BCUT2D eigenvalue weighted by molar-refractivity contribution is 0.142. The number of hydrogen-bond acceptors (Lipinski definition) is 5. The van der Waals surface area contributed by atoms with Gasteiger partial charge in [-0.3, -0.25) is 4.90 Å². The van der Waals surface area contributed by atoms with Crippen molar-refractivity contribution in [1.82, 2.24) is 14.1 Å². The van der Waals surface area contributed by atoms with Crippen LogP contribution in [0.4, 0.5) is 0 Å². The summed E-state index contributed by atoms with van der Waals surface area (Å²) < 4.78 is 32.5. The first-order valence-electron chi connectivity index (χ1n) is 8.09. The number of piperazine rings is 1. The fraction of sp³-hybridized carbons (Fsp3) is 0.562. The third-order valence-corrected chi connectivity index (χ3v) is 6.93. The fourth-order valence-corrected chi connectivity index (χ4v) is 4.67. The van der Waals surface area contributed by atoms with E-state index in [9.17, 15) is 8.42 Å². The van der Waals surface area contributed by atoms with Crippen molar-refractivity contribution >= 4 is 27.4 Å². The Morgan fingerprint density at radius 1 is 1.08 bits per heavy atom. The smallest absolute Gasteiger partial charge is 0.260 e. The molecular weight excluding hydrogens is 346 g/mol. The van der Waals surface area contributed by atoms with Gasteiger partial charge < -0.3 is 9.64 Å². The van der Waals surface area contributed by atoms with E-state index in [2.05, 4.69) is 4.90 Å². The van der Waals surface area contributed by atoms with Crippen LogP contribution in [0.5, 0.6) is 0 Å². The van der Waals surface area contributed by atoms with Gasteiger partial charge in [0.15, 0.2) is 0 Å². The van der Waals surface area contributed by atoms with Crippen molar-refractivity contribution in [3.63, 3.8) is 0 Å². The van der Waals surface area contributed by atoms with Crippen LogP contribution >= 0.6 is 12.2 Å². The minimum atomic E-state index is -3.42. The lowest BCUT2D eigenvalue weighted by Gasteiger charge is -2.35. The molecule has 0 N–H and O–H groups in total. The molecule has 0 aromatic heterocycles. The van der Waals surface area contributed by atoms with Crippen molar-refractivity contribution < 1.29 is 13.2 Å². The van der Waals surface area contributed by atoms with Crippen LogP contribution in [0, 0.1) is 13.8 Å². The van der Waals surface area contributed by atoms with Gasteiger partial charge in [-0.15, -0.1) is 0 Å². The molecule has 0 radical (unpaired) electrons. The summed E-state index contributed by atoms with van der Waals surface area (Å²) in [5.41, 5.74) is 2.10. The van der Waals surface area contributed by atoms with Crippen LogP contribution in [0.3, 0.4) is 0 Å². The second-order valence-electron chi connectivity index (χ2n) is 6.29. The van der Waals surface area contributed by atoms with E-state index in [0.717, 1.165) is 17.7 Å². The minimum absolute atomic E-state index is 0.383. The molecule has 0 spiro atoms. The predicted molar refractivity (Wildman–Crippen MR) is 96.4 cm³/mol. The molecule has 2 fully saturated rings. The molecule has 0 saturated carbocycles. The van der Waals surface area contributed by atoms with E-state index >= 15 is 0 Å². The van der Waals surface area contributed by atoms with E-state index in [-0.39, 0.29) is 0 Å². The Kier molecular flexibility index (Phi) is 5.10. The maximum Gasteiger partial charge on any atom is 0.260 e. The molecule has 0 unspecified atom stereocenters. The molecule has 0 atom stereocenters. The highest BCUT2D eigenvalue weighted by Gasteiger charge is 2.30. The average Bonchev–Trinajstić information content (AvgIpc) is 2.95. The highest BCUT2D eigenvalue weighted by atomic mass is 32.2. The Labute approximate surface area is 149 Å². The number of thiocarbonyl (C=S) groups is 1. The minimum Gasteiger partial charge on any atom is -0.469 e. The van der Waals surface area contributed by atoms with E-state index < -0.39 is 10.0 Å².